The molecule has 1 aliphatic heterocycles. The van der Waals surface area contributed by atoms with Gasteiger partial charge in [-0.1, -0.05) is 12.1 Å². The lowest BCUT2D eigenvalue weighted by atomic mass is 9.75. The van der Waals surface area contributed by atoms with Gasteiger partial charge in [0.2, 0.25) is 5.78 Å². The molecule has 0 aromatic heterocycles. The number of phenols is 2. The topological polar surface area (TPSA) is 130 Å². The highest BCUT2D eigenvalue weighted by molar-refractivity contribution is 6.31. The molecular weight excluding hydrogens is 452 g/mol. The number of hydrogen-bond donors (Lipinski definition) is 3. The van der Waals surface area contributed by atoms with Gasteiger partial charge in [-0.05, 0) is 58.4 Å². The Morgan fingerprint density at radius 2 is 1.69 bits per heavy atom. The highest BCUT2D eigenvalue weighted by Gasteiger charge is 2.40. The fourth-order valence-electron chi connectivity index (χ4n) is 5.14. The van der Waals surface area contributed by atoms with Crippen molar-refractivity contribution in [3.63, 3.8) is 0 Å². The fourth-order valence-corrected chi connectivity index (χ4v) is 5.14. The molecule has 186 valence electrons. The Kier molecular flexibility index (Phi) is 6.96. The molecule has 8 nitrogen and oxygen atoms in total. The Labute approximate surface area is 203 Å². The first kappa shape index (κ1) is 24.9. The van der Waals surface area contributed by atoms with Crippen molar-refractivity contribution in [3.05, 3.63) is 51.6 Å². The van der Waals surface area contributed by atoms with E-state index in [1.807, 2.05) is 6.92 Å². The van der Waals surface area contributed by atoms with Crippen molar-refractivity contribution in [2.45, 2.75) is 64.8 Å². The number of benzene rings is 2. The third-order valence-electron chi connectivity index (χ3n) is 7.05. The molecule has 5 rings (SSSR count). The number of fused-ring (bicyclic) bond motifs is 3. The first-order chi connectivity index (χ1) is 16.6. The molecule has 3 atom stereocenters. The van der Waals surface area contributed by atoms with Crippen LogP contribution in [-0.2, 0) is 22.4 Å². The summed E-state index contributed by atoms with van der Waals surface area (Å²) >= 11 is 0. The number of aliphatic hydroxyl groups is 1. The van der Waals surface area contributed by atoms with Gasteiger partial charge in [-0.2, -0.15) is 0 Å². The van der Waals surface area contributed by atoms with Gasteiger partial charge >= 0.3 is 0 Å². The van der Waals surface area contributed by atoms with Gasteiger partial charge in [-0.25, -0.2) is 0 Å². The molecule has 1 fully saturated rings. The number of carbonyl (C=O) groups excluding carboxylic acids is 3. The molecule has 3 N–H and O–H groups in total. The van der Waals surface area contributed by atoms with Gasteiger partial charge in [0.1, 0.15) is 23.0 Å². The average molecular weight is 483 g/mol. The highest BCUT2D eigenvalue weighted by Crippen LogP contribution is 2.47. The maximum absolute atomic E-state index is 13.1. The number of carbonyl (C=O) groups is 3. The molecule has 0 saturated carbocycles. The van der Waals surface area contributed by atoms with Crippen molar-refractivity contribution in [1.29, 1.82) is 0 Å². The summed E-state index contributed by atoms with van der Waals surface area (Å²) in [5.41, 5.74) is 0.647. The summed E-state index contributed by atoms with van der Waals surface area (Å²) in [6, 6.07) is 4.66. The van der Waals surface area contributed by atoms with Crippen LogP contribution in [-0.4, -0.2) is 52.2 Å². The van der Waals surface area contributed by atoms with Crippen LogP contribution in [0.25, 0.3) is 0 Å². The first-order valence-corrected chi connectivity index (χ1v) is 11.9. The van der Waals surface area contributed by atoms with Crippen LogP contribution < -0.4 is 4.74 Å². The number of methoxy groups -OCH3 is 1. The third kappa shape index (κ3) is 4.44. The molecule has 1 saturated heterocycles. The van der Waals surface area contributed by atoms with E-state index in [0.717, 1.165) is 19.3 Å². The van der Waals surface area contributed by atoms with Crippen LogP contribution in [0.15, 0.2) is 18.2 Å². The van der Waals surface area contributed by atoms with Gasteiger partial charge in [0.05, 0.1) is 29.9 Å². The molecule has 3 unspecified atom stereocenters. The molecular formula is C27H30O8. The molecule has 0 radical (unpaired) electrons. The number of rotatable bonds is 2. The minimum absolute atomic E-state index is 0.00487. The highest BCUT2D eigenvalue weighted by atomic mass is 16.6. The summed E-state index contributed by atoms with van der Waals surface area (Å²) in [4.78, 5) is 37.9. The van der Waals surface area contributed by atoms with Crippen LogP contribution in [0.4, 0.5) is 0 Å². The fraction of sp³-hybridized carbons (Fsp3) is 0.444. The van der Waals surface area contributed by atoms with Gasteiger partial charge in [0, 0.05) is 22.6 Å². The number of ketones is 3. The Balaban J connectivity index is 0.000000308. The number of ether oxygens (including phenoxy) is 2. The smallest absolute Gasteiger partial charge is 0.202 e. The Bertz CT molecular complexity index is 1190. The third-order valence-corrected chi connectivity index (χ3v) is 7.05. The molecule has 0 spiro atoms. The summed E-state index contributed by atoms with van der Waals surface area (Å²) < 4.78 is 10.3. The first-order valence-electron chi connectivity index (χ1n) is 11.9. The lowest BCUT2D eigenvalue weighted by Crippen LogP contribution is -2.26. The molecule has 2 aromatic carbocycles. The Hall–Kier alpha value is -3.23. The van der Waals surface area contributed by atoms with E-state index in [1.165, 1.54) is 20.1 Å². The monoisotopic (exact) mass is 482 g/mol. The van der Waals surface area contributed by atoms with Crippen LogP contribution in [0.1, 0.15) is 82.5 Å². The lowest BCUT2D eigenvalue weighted by Gasteiger charge is -2.29. The molecule has 2 aliphatic carbocycles. The summed E-state index contributed by atoms with van der Waals surface area (Å²) in [6.45, 7) is 3.48. The maximum Gasteiger partial charge on any atom is 0.202 e. The normalized spacial score (nSPS) is 22.8. The molecule has 35 heavy (non-hydrogen) atoms. The number of aromatic hydroxyl groups is 2. The van der Waals surface area contributed by atoms with Crippen LogP contribution in [0, 0.1) is 5.92 Å². The van der Waals surface area contributed by atoms with Gasteiger partial charge in [-0.15, -0.1) is 0 Å². The molecule has 8 heteroatoms. The SMILES string of the molecule is CC1CCCC(O)O1.COc1cccc2c1C(=O)c1c(O)c3c(c(O)c1C2=O)CC(C(C)=O)CC3. The summed E-state index contributed by atoms with van der Waals surface area (Å²) in [5, 5.41) is 30.5. The number of Topliss-reactive ketones (excluding diaryl/α,β-unsaturated/α-hetero) is 1. The molecule has 3 aliphatic rings. The van der Waals surface area contributed by atoms with Gasteiger partial charge in [0.25, 0.3) is 0 Å². The second kappa shape index (κ2) is 9.79. The second-order valence-electron chi connectivity index (χ2n) is 9.33. The van der Waals surface area contributed by atoms with Crippen molar-refractivity contribution < 1.29 is 39.2 Å². The molecule has 0 bridgehead atoms. The Morgan fingerprint density at radius 1 is 1.00 bits per heavy atom. The van der Waals surface area contributed by atoms with E-state index < -0.39 is 17.9 Å². The minimum Gasteiger partial charge on any atom is -0.507 e. The van der Waals surface area contributed by atoms with E-state index in [2.05, 4.69) is 0 Å². The number of hydrogen-bond acceptors (Lipinski definition) is 8. The lowest BCUT2D eigenvalue weighted by molar-refractivity contribution is -0.156. The van der Waals surface area contributed by atoms with Crippen molar-refractivity contribution in [2.24, 2.45) is 5.92 Å². The van der Waals surface area contributed by atoms with Crippen molar-refractivity contribution in [1.82, 2.24) is 0 Å². The van der Waals surface area contributed by atoms with E-state index in [0.29, 0.717) is 24.0 Å². The van der Waals surface area contributed by atoms with Crippen molar-refractivity contribution in [2.75, 3.05) is 7.11 Å². The minimum atomic E-state index is -0.554. The van der Waals surface area contributed by atoms with Gasteiger partial charge < -0.3 is 24.8 Å². The van der Waals surface area contributed by atoms with E-state index >= 15 is 0 Å². The quantitative estimate of drug-likeness (QED) is 0.474. The average Bonchev–Trinajstić information content (AvgIpc) is 2.84. The largest absolute Gasteiger partial charge is 0.507 e. The summed E-state index contributed by atoms with van der Waals surface area (Å²) in [7, 11) is 1.40. The summed E-state index contributed by atoms with van der Waals surface area (Å²) in [6.07, 6.45) is 3.90. The zero-order valence-electron chi connectivity index (χ0n) is 20.1. The van der Waals surface area contributed by atoms with Gasteiger partial charge in [-0.3, -0.25) is 14.4 Å². The van der Waals surface area contributed by atoms with E-state index in [4.69, 9.17) is 14.6 Å². The number of aliphatic hydroxyl groups excluding tert-OH is 1. The zero-order chi connectivity index (χ0) is 25.4. The predicted octanol–water partition coefficient (Wildman–Crippen LogP) is 3.47. The van der Waals surface area contributed by atoms with Crippen molar-refractivity contribution >= 4 is 17.3 Å². The number of phenolic OH excluding ortho intramolecular Hbond substituents is 2. The van der Waals surface area contributed by atoms with Crippen molar-refractivity contribution in [3.8, 4) is 17.2 Å². The molecule has 0 amide bonds. The maximum atomic E-state index is 13.1. The van der Waals surface area contributed by atoms with E-state index in [9.17, 15) is 24.6 Å². The zero-order valence-corrected chi connectivity index (χ0v) is 20.1. The van der Waals surface area contributed by atoms with Crippen LogP contribution in [0.2, 0.25) is 0 Å². The van der Waals surface area contributed by atoms with E-state index in [-0.39, 0.29) is 63.7 Å². The Morgan fingerprint density at radius 3 is 2.29 bits per heavy atom. The van der Waals surface area contributed by atoms with Crippen LogP contribution in [0.3, 0.4) is 0 Å². The van der Waals surface area contributed by atoms with Crippen LogP contribution >= 0.6 is 0 Å². The predicted molar refractivity (Wildman–Crippen MR) is 126 cm³/mol. The van der Waals surface area contributed by atoms with E-state index in [1.54, 1.807) is 12.1 Å². The van der Waals surface area contributed by atoms with Crippen LogP contribution in [0.5, 0.6) is 17.2 Å². The standard InChI is InChI=1S/C21H18O6.C6H12O2/c1-9(22)10-6-7-11-13(8-10)20(25)16-17(18(11)23)21(26)15-12(19(16)24)4-3-5-14(15)27-2;1-5-3-2-4-6(7)8-5/h3-5,10,23,25H,6-8H2,1-2H3;5-7H,2-4H2,1H3. The summed E-state index contributed by atoms with van der Waals surface area (Å²) in [5.74, 6) is -1.73. The molecule has 1 heterocycles. The van der Waals surface area contributed by atoms with Gasteiger partial charge in [0.15, 0.2) is 12.1 Å². The second-order valence-corrected chi connectivity index (χ2v) is 9.33. The molecule has 2 aromatic rings.